The molecule has 4 rings (SSSR count). The smallest absolute Gasteiger partial charge is 0.241 e. The highest BCUT2D eigenvalue weighted by Gasteiger charge is 2.42. The van der Waals surface area contributed by atoms with Crippen molar-refractivity contribution in [2.24, 2.45) is 10.9 Å². The molecule has 8 heteroatoms. The average molecular weight is 429 g/mol. The molecule has 2 N–H and O–H groups in total. The summed E-state index contributed by atoms with van der Waals surface area (Å²) in [5.41, 5.74) is 8.60. The number of carbonyl (C=O) groups excluding carboxylic acids is 2. The number of carbonyl (C=O) groups is 2. The second-order valence-electron chi connectivity index (χ2n) is 6.90. The first-order valence-electron chi connectivity index (χ1n) is 9.47. The van der Waals surface area contributed by atoms with Crippen molar-refractivity contribution in [2.75, 3.05) is 17.2 Å². The fourth-order valence-electron chi connectivity index (χ4n) is 3.34. The minimum absolute atomic E-state index is 0.0202. The number of aliphatic imine (C=N–C) groups is 1. The highest BCUT2D eigenvalue weighted by Crippen LogP contribution is 2.30. The number of amides is 1. The zero-order valence-electron chi connectivity index (χ0n) is 15.9. The summed E-state index contributed by atoms with van der Waals surface area (Å²) in [6.07, 6.45) is 0.611. The van der Waals surface area contributed by atoms with Gasteiger partial charge in [-0.1, -0.05) is 42.4 Å². The Morgan fingerprint density at radius 1 is 1.21 bits per heavy atom. The second-order valence-corrected chi connectivity index (χ2v) is 8.28. The monoisotopic (exact) mass is 428 g/mol. The molecule has 1 fully saturated rings. The van der Waals surface area contributed by atoms with Crippen LogP contribution in [-0.4, -0.2) is 35.3 Å². The van der Waals surface area contributed by atoms with Crippen molar-refractivity contribution in [3.8, 4) is 0 Å². The Balaban J connectivity index is 1.57. The Kier molecular flexibility index (Phi) is 6.01. The van der Waals surface area contributed by atoms with Gasteiger partial charge in [0.25, 0.3) is 0 Å². The van der Waals surface area contributed by atoms with Gasteiger partial charge in [-0.25, -0.2) is 10.4 Å². The molecule has 2 unspecified atom stereocenters. The number of hydrogen-bond donors (Lipinski definition) is 2. The van der Waals surface area contributed by atoms with Gasteiger partial charge < -0.3 is 0 Å². The summed E-state index contributed by atoms with van der Waals surface area (Å²) in [6.45, 7) is 2.62. The second kappa shape index (κ2) is 8.67. The van der Waals surface area contributed by atoms with Crippen molar-refractivity contribution in [2.45, 2.75) is 19.5 Å². The number of hydrogen-bond acceptors (Lipinski definition) is 6. The third-order valence-corrected chi connectivity index (χ3v) is 6.24. The Hall–Kier alpha value is -2.19. The average Bonchev–Trinajstić information content (AvgIpc) is 3.22. The zero-order valence-corrected chi connectivity index (χ0v) is 17.5. The zero-order chi connectivity index (χ0) is 20.4. The van der Waals surface area contributed by atoms with E-state index >= 15 is 0 Å². The number of aryl methyl sites for hydroxylation is 1. The molecule has 0 spiro atoms. The lowest BCUT2D eigenvalue weighted by atomic mass is 10.0. The van der Waals surface area contributed by atoms with Gasteiger partial charge in [-0.15, -0.1) is 0 Å². The summed E-state index contributed by atoms with van der Waals surface area (Å²) >= 11 is 7.17. The van der Waals surface area contributed by atoms with Gasteiger partial charge in [-0.2, -0.15) is 0 Å². The van der Waals surface area contributed by atoms with E-state index in [0.717, 1.165) is 12.1 Å². The van der Waals surface area contributed by atoms with Crippen LogP contribution in [0.2, 0.25) is 5.02 Å². The highest BCUT2D eigenvalue weighted by atomic mass is 35.5. The molecule has 150 valence electrons. The molecule has 2 aliphatic rings. The van der Waals surface area contributed by atoms with Gasteiger partial charge in [0.2, 0.25) is 5.91 Å². The number of halogens is 1. The van der Waals surface area contributed by atoms with Crippen molar-refractivity contribution >= 4 is 45.9 Å². The molecule has 0 aromatic heterocycles. The van der Waals surface area contributed by atoms with Crippen LogP contribution in [0.4, 0.5) is 5.69 Å². The van der Waals surface area contributed by atoms with Gasteiger partial charge in [0, 0.05) is 17.1 Å². The molecule has 1 amide bonds. The number of nitrogens with one attached hydrogen (secondary N) is 2. The lowest BCUT2D eigenvalue weighted by Crippen LogP contribution is -2.49. The van der Waals surface area contributed by atoms with Crippen molar-refractivity contribution in [3.63, 3.8) is 0 Å². The summed E-state index contributed by atoms with van der Waals surface area (Å²) < 4.78 is 0. The third-order valence-electron chi connectivity index (χ3n) is 5.03. The van der Waals surface area contributed by atoms with Gasteiger partial charge in [-0.05, 0) is 48.4 Å². The summed E-state index contributed by atoms with van der Waals surface area (Å²) in [6, 6.07) is 14.7. The van der Waals surface area contributed by atoms with E-state index in [1.54, 1.807) is 29.2 Å². The van der Waals surface area contributed by atoms with Crippen LogP contribution in [0.15, 0.2) is 53.5 Å². The molecular weight excluding hydrogens is 408 g/mol. The lowest BCUT2D eigenvalue weighted by molar-refractivity contribution is -0.121. The van der Waals surface area contributed by atoms with E-state index in [2.05, 4.69) is 17.8 Å². The van der Waals surface area contributed by atoms with Gasteiger partial charge in [0.05, 0.1) is 17.4 Å². The molecule has 6 nitrogen and oxygen atoms in total. The van der Waals surface area contributed by atoms with Crippen molar-refractivity contribution in [3.05, 3.63) is 64.7 Å². The fourth-order valence-corrected chi connectivity index (χ4v) is 4.40. The molecule has 0 saturated carbocycles. The van der Waals surface area contributed by atoms with E-state index in [1.807, 2.05) is 24.3 Å². The van der Waals surface area contributed by atoms with Gasteiger partial charge in [0.1, 0.15) is 6.17 Å². The maximum Gasteiger partial charge on any atom is 0.241 e. The van der Waals surface area contributed by atoms with E-state index in [-0.39, 0.29) is 29.5 Å². The number of amidine groups is 1. The van der Waals surface area contributed by atoms with E-state index in [0.29, 0.717) is 22.3 Å². The molecular formula is C21H21ClN4O2S. The van der Waals surface area contributed by atoms with Crippen LogP contribution < -0.4 is 15.8 Å². The molecule has 2 aromatic carbocycles. The largest absolute Gasteiger partial charge is 0.293 e. The number of ketones is 1. The number of anilines is 1. The lowest BCUT2D eigenvalue weighted by Gasteiger charge is -2.32. The maximum atomic E-state index is 13.2. The molecule has 29 heavy (non-hydrogen) atoms. The van der Waals surface area contributed by atoms with Crippen LogP contribution in [0.5, 0.6) is 0 Å². The Bertz CT molecular complexity index is 946. The minimum Gasteiger partial charge on any atom is -0.293 e. The standard InChI is InChI=1S/C21H21ClN4O2S/c1-2-13-3-9-16(10-4-13)26-20(28)17-11-23-25-19(17)24-21(26)29-12-18(27)14-5-7-15(22)8-6-14/h3-10,17,19,23,25H,2,11-12H2,1H3. The fraction of sp³-hybridized carbons (Fsp3) is 0.286. The number of nitrogens with zero attached hydrogens (tertiary/aromatic N) is 2. The van der Waals surface area contributed by atoms with Gasteiger partial charge in [0.15, 0.2) is 11.0 Å². The summed E-state index contributed by atoms with van der Waals surface area (Å²) in [5.74, 6) is -0.143. The Morgan fingerprint density at radius 2 is 1.93 bits per heavy atom. The predicted octanol–water partition coefficient (Wildman–Crippen LogP) is 3.27. The summed E-state index contributed by atoms with van der Waals surface area (Å²) in [7, 11) is 0. The number of fused-ring (bicyclic) bond motifs is 1. The first-order chi connectivity index (χ1) is 14.1. The first kappa shape index (κ1) is 20.1. The predicted molar refractivity (Wildman–Crippen MR) is 117 cm³/mol. The SMILES string of the molecule is CCc1ccc(N2C(=O)C3CNNC3N=C2SCC(=O)c2ccc(Cl)cc2)cc1. The molecule has 0 bridgehead atoms. The van der Waals surface area contributed by atoms with Crippen LogP contribution in [0.3, 0.4) is 0 Å². The van der Waals surface area contributed by atoms with Crippen LogP contribution in [0.1, 0.15) is 22.8 Å². The van der Waals surface area contributed by atoms with Crippen LogP contribution in [-0.2, 0) is 11.2 Å². The molecule has 2 aliphatic heterocycles. The molecule has 0 aliphatic carbocycles. The molecule has 1 saturated heterocycles. The van der Waals surface area contributed by atoms with E-state index in [4.69, 9.17) is 16.6 Å². The minimum atomic E-state index is -0.318. The number of hydrazine groups is 1. The van der Waals surface area contributed by atoms with Crippen LogP contribution in [0, 0.1) is 5.92 Å². The van der Waals surface area contributed by atoms with Crippen molar-refractivity contribution in [1.82, 2.24) is 10.9 Å². The number of benzene rings is 2. The van der Waals surface area contributed by atoms with E-state index < -0.39 is 0 Å². The topological polar surface area (TPSA) is 73.8 Å². The van der Waals surface area contributed by atoms with E-state index in [1.165, 1.54) is 17.3 Å². The molecule has 0 radical (unpaired) electrons. The van der Waals surface area contributed by atoms with Gasteiger partial charge >= 0.3 is 0 Å². The number of rotatable bonds is 5. The van der Waals surface area contributed by atoms with Crippen LogP contribution >= 0.6 is 23.4 Å². The quantitative estimate of drug-likeness (QED) is 0.715. The Labute approximate surface area is 178 Å². The Morgan fingerprint density at radius 3 is 2.62 bits per heavy atom. The third kappa shape index (κ3) is 4.23. The first-order valence-corrected chi connectivity index (χ1v) is 10.8. The summed E-state index contributed by atoms with van der Waals surface area (Å²) in [4.78, 5) is 32.1. The van der Waals surface area contributed by atoms with E-state index in [9.17, 15) is 9.59 Å². The summed E-state index contributed by atoms with van der Waals surface area (Å²) in [5, 5.41) is 1.11. The van der Waals surface area contributed by atoms with Crippen LogP contribution in [0.25, 0.3) is 0 Å². The van der Waals surface area contributed by atoms with Crippen molar-refractivity contribution < 1.29 is 9.59 Å². The highest BCUT2D eigenvalue weighted by molar-refractivity contribution is 8.14. The van der Waals surface area contributed by atoms with Crippen molar-refractivity contribution in [1.29, 1.82) is 0 Å². The number of thioether (sulfide) groups is 1. The molecule has 2 aromatic rings. The molecule has 2 heterocycles. The number of Topliss-reactive ketones (excluding diaryl/α,β-unsaturated/α-hetero) is 1. The maximum absolute atomic E-state index is 13.2. The normalized spacial score (nSPS) is 21.1. The molecule has 2 atom stereocenters. The van der Waals surface area contributed by atoms with Gasteiger partial charge in [-0.3, -0.25) is 19.9 Å².